The number of para-hydroxylation sites is 1. The highest BCUT2D eigenvalue weighted by molar-refractivity contribution is 7.17. The molecule has 0 fully saturated rings. The molecule has 0 spiro atoms. The summed E-state index contributed by atoms with van der Waals surface area (Å²) in [5, 5.41) is 0. The van der Waals surface area contributed by atoms with E-state index in [4.69, 9.17) is 9.47 Å². The van der Waals surface area contributed by atoms with Gasteiger partial charge in [-0.3, -0.25) is 9.20 Å². The molecule has 8 heteroatoms. The summed E-state index contributed by atoms with van der Waals surface area (Å²) in [6.07, 6.45) is 4.06. The van der Waals surface area contributed by atoms with Crippen LogP contribution in [0.25, 0.3) is 4.96 Å². The molecule has 1 aromatic carbocycles. The molecule has 0 saturated carbocycles. The molecule has 140 valence electrons. The van der Waals surface area contributed by atoms with E-state index < -0.39 is 18.4 Å². The summed E-state index contributed by atoms with van der Waals surface area (Å²) >= 11 is 1.52. The van der Waals surface area contributed by atoms with Crippen LogP contribution in [0.5, 0.6) is 5.75 Å². The van der Waals surface area contributed by atoms with E-state index in [0.717, 1.165) is 31.4 Å². The molecule has 0 amide bonds. The van der Waals surface area contributed by atoms with Crippen molar-refractivity contribution in [2.75, 3.05) is 6.61 Å². The molecule has 0 radical (unpaired) electrons. The van der Waals surface area contributed by atoms with Crippen molar-refractivity contribution < 1.29 is 18.7 Å². The lowest BCUT2D eigenvalue weighted by Gasteiger charge is -2.10. The monoisotopic (exact) mass is 388 g/mol. The van der Waals surface area contributed by atoms with Crippen LogP contribution in [0.15, 0.2) is 35.1 Å². The number of aromatic nitrogens is 2. The van der Waals surface area contributed by atoms with Crippen molar-refractivity contribution in [1.29, 1.82) is 0 Å². The fourth-order valence-corrected chi connectivity index (χ4v) is 4.34. The number of nitrogens with zero attached hydrogens (tertiary/aromatic N) is 2. The Balaban J connectivity index is 1.42. The Bertz CT molecular complexity index is 1060. The Kier molecular flexibility index (Phi) is 4.89. The Morgan fingerprint density at radius 3 is 2.93 bits per heavy atom. The molecule has 3 aromatic rings. The highest BCUT2D eigenvalue weighted by Gasteiger charge is 2.18. The van der Waals surface area contributed by atoms with Crippen molar-refractivity contribution in [3.8, 4) is 5.75 Å². The zero-order chi connectivity index (χ0) is 18.8. The van der Waals surface area contributed by atoms with E-state index in [2.05, 4.69) is 4.98 Å². The van der Waals surface area contributed by atoms with Gasteiger partial charge in [-0.1, -0.05) is 12.1 Å². The minimum atomic E-state index is -0.661. The van der Waals surface area contributed by atoms with Crippen LogP contribution in [0.4, 0.5) is 4.39 Å². The SMILES string of the molecule is O=C(COc1ccccc1F)OCc1cc(=O)n2c3c(sc2n1)CCCC3. The summed E-state index contributed by atoms with van der Waals surface area (Å²) in [5.74, 6) is -1.23. The van der Waals surface area contributed by atoms with Gasteiger partial charge < -0.3 is 9.47 Å². The Morgan fingerprint density at radius 2 is 2.07 bits per heavy atom. The minimum absolute atomic E-state index is 0.0172. The van der Waals surface area contributed by atoms with Crippen molar-refractivity contribution in [2.24, 2.45) is 0 Å². The van der Waals surface area contributed by atoms with E-state index in [9.17, 15) is 14.0 Å². The van der Waals surface area contributed by atoms with E-state index in [0.29, 0.717) is 10.7 Å². The number of carbonyl (C=O) groups excluding carboxylic acids is 1. The molecule has 4 rings (SSSR count). The van der Waals surface area contributed by atoms with Gasteiger partial charge in [0, 0.05) is 16.6 Å². The number of halogens is 1. The number of carbonyl (C=O) groups is 1. The quantitative estimate of drug-likeness (QED) is 0.629. The molecule has 0 unspecified atom stereocenters. The number of hydrogen-bond donors (Lipinski definition) is 0. The van der Waals surface area contributed by atoms with E-state index in [1.165, 1.54) is 40.5 Å². The summed E-state index contributed by atoms with van der Waals surface area (Å²) in [7, 11) is 0. The van der Waals surface area contributed by atoms with Gasteiger partial charge in [0.1, 0.15) is 6.61 Å². The van der Waals surface area contributed by atoms with Crippen LogP contribution < -0.4 is 10.3 Å². The Labute approximate surface area is 158 Å². The van der Waals surface area contributed by atoms with Gasteiger partial charge in [-0.05, 0) is 37.8 Å². The molecule has 0 N–H and O–H groups in total. The molecule has 0 saturated heterocycles. The molecule has 6 nitrogen and oxygen atoms in total. The van der Waals surface area contributed by atoms with Gasteiger partial charge in [-0.2, -0.15) is 0 Å². The number of thiazole rings is 1. The number of ether oxygens (including phenoxy) is 2. The Morgan fingerprint density at radius 1 is 1.26 bits per heavy atom. The second kappa shape index (κ2) is 7.48. The first-order chi connectivity index (χ1) is 13.1. The van der Waals surface area contributed by atoms with Crippen LogP contribution in [-0.4, -0.2) is 22.0 Å². The first kappa shape index (κ1) is 17.7. The van der Waals surface area contributed by atoms with Crippen molar-refractivity contribution in [3.63, 3.8) is 0 Å². The lowest BCUT2D eigenvalue weighted by Crippen LogP contribution is -2.20. The van der Waals surface area contributed by atoms with Crippen molar-refractivity contribution >= 4 is 22.3 Å². The highest BCUT2D eigenvalue weighted by Crippen LogP contribution is 2.28. The van der Waals surface area contributed by atoms with Crippen LogP contribution in [0.2, 0.25) is 0 Å². The predicted octanol–water partition coefficient (Wildman–Crippen LogP) is 2.90. The second-order valence-electron chi connectivity index (χ2n) is 6.26. The molecule has 2 heterocycles. The Hall–Kier alpha value is -2.74. The van der Waals surface area contributed by atoms with Gasteiger partial charge in [0.15, 0.2) is 23.1 Å². The van der Waals surface area contributed by atoms with Crippen LogP contribution >= 0.6 is 11.3 Å². The van der Waals surface area contributed by atoms with Gasteiger partial charge in [-0.15, -0.1) is 11.3 Å². The van der Waals surface area contributed by atoms with Gasteiger partial charge in [0.2, 0.25) is 0 Å². The first-order valence-electron chi connectivity index (χ1n) is 8.68. The first-order valence-corrected chi connectivity index (χ1v) is 9.49. The van der Waals surface area contributed by atoms with E-state index in [1.807, 2.05) is 0 Å². The summed E-state index contributed by atoms with van der Waals surface area (Å²) in [4.78, 5) is 30.6. The number of fused-ring (bicyclic) bond motifs is 3. The summed E-state index contributed by atoms with van der Waals surface area (Å²) < 4.78 is 25.3. The smallest absolute Gasteiger partial charge is 0.344 e. The van der Waals surface area contributed by atoms with E-state index >= 15 is 0 Å². The van der Waals surface area contributed by atoms with Gasteiger partial charge in [-0.25, -0.2) is 14.2 Å². The third-order valence-electron chi connectivity index (χ3n) is 4.38. The molecule has 0 bridgehead atoms. The topological polar surface area (TPSA) is 69.9 Å². The van der Waals surface area contributed by atoms with Gasteiger partial charge in [0.05, 0.1) is 5.69 Å². The lowest BCUT2D eigenvalue weighted by molar-refractivity contribution is -0.147. The summed E-state index contributed by atoms with van der Waals surface area (Å²) in [6.45, 7) is -0.552. The number of hydrogen-bond acceptors (Lipinski definition) is 6. The predicted molar refractivity (Wildman–Crippen MR) is 97.7 cm³/mol. The number of aryl methyl sites for hydroxylation is 2. The molecule has 1 aliphatic carbocycles. The number of esters is 1. The third kappa shape index (κ3) is 3.71. The van der Waals surface area contributed by atoms with Crippen LogP contribution in [0.3, 0.4) is 0 Å². The zero-order valence-corrected chi connectivity index (χ0v) is 15.3. The fourth-order valence-electron chi connectivity index (χ4n) is 3.11. The summed E-state index contributed by atoms with van der Waals surface area (Å²) in [6, 6.07) is 7.20. The highest BCUT2D eigenvalue weighted by atomic mass is 32.1. The third-order valence-corrected chi connectivity index (χ3v) is 5.52. The van der Waals surface area contributed by atoms with Gasteiger partial charge >= 0.3 is 5.97 Å². The average Bonchev–Trinajstić information content (AvgIpc) is 3.04. The van der Waals surface area contributed by atoms with E-state index in [1.54, 1.807) is 10.5 Å². The lowest BCUT2D eigenvalue weighted by atomic mass is 10.0. The molecular weight excluding hydrogens is 371 g/mol. The standard InChI is InChI=1S/C19H17FN2O4S/c20-13-5-1-3-7-15(13)25-11-18(24)26-10-12-9-17(23)22-14-6-2-4-8-16(14)27-19(22)21-12/h1,3,5,7,9H,2,4,6,8,10-11H2. The van der Waals surface area contributed by atoms with Crippen molar-refractivity contribution in [1.82, 2.24) is 9.38 Å². The maximum atomic E-state index is 13.5. The molecule has 27 heavy (non-hydrogen) atoms. The number of benzene rings is 1. The minimum Gasteiger partial charge on any atom is -0.479 e. The molecule has 0 aliphatic heterocycles. The molecule has 0 atom stereocenters. The number of rotatable bonds is 5. The van der Waals surface area contributed by atoms with Gasteiger partial charge in [0.25, 0.3) is 5.56 Å². The fraction of sp³-hybridized carbons (Fsp3) is 0.316. The largest absolute Gasteiger partial charge is 0.479 e. The molecular formula is C19H17FN2O4S. The normalized spacial score (nSPS) is 13.4. The van der Waals surface area contributed by atoms with Crippen LogP contribution in [0, 0.1) is 5.82 Å². The second-order valence-corrected chi connectivity index (χ2v) is 7.32. The maximum absolute atomic E-state index is 13.5. The van der Waals surface area contributed by atoms with Crippen molar-refractivity contribution in [2.45, 2.75) is 32.3 Å². The van der Waals surface area contributed by atoms with Crippen LogP contribution in [0.1, 0.15) is 29.1 Å². The molecule has 2 aromatic heterocycles. The van der Waals surface area contributed by atoms with Crippen molar-refractivity contribution in [3.05, 3.63) is 62.8 Å². The maximum Gasteiger partial charge on any atom is 0.344 e. The summed E-state index contributed by atoms with van der Waals surface area (Å²) in [5.41, 5.74) is 1.28. The average molecular weight is 388 g/mol. The van der Waals surface area contributed by atoms with E-state index in [-0.39, 0.29) is 17.9 Å². The molecule has 1 aliphatic rings. The zero-order valence-electron chi connectivity index (χ0n) is 14.4. The van der Waals surface area contributed by atoms with Crippen LogP contribution in [-0.2, 0) is 29.0 Å².